The average molecular weight is 275 g/mol. The normalized spacial score (nSPS) is 11.9. The Morgan fingerprint density at radius 3 is 2.63 bits per heavy atom. The number of amides is 1. The van der Waals surface area contributed by atoms with Gasteiger partial charge in [-0.15, -0.1) is 0 Å². The van der Waals surface area contributed by atoms with Crippen LogP contribution in [0.4, 0.5) is 5.69 Å². The average Bonchev–Trinajstić information content (AvgIpc) is 2.39. The highest BCUT2D eigenvalue weighted by Gasteiger charge is 2.13. The molecule has 2 rings (SSSR count). The minimum atomic E-state index is -0.167. The van der Waals surface area contributed by atoms with Crippen LogP contribution in [0.5, 0.6) is 0 Å². The lowest BCUT2D eigenvalue weighted by Crippen LogP contribution is -2.26. The number of carbonyl (C=O) groups is 1. The summed E-state index contributed by atoms with van der Waals surface area (Å²) in [6.07, 6.45) is 0. The van der Waals surface area contributed by atoms with Gasteiger partial charge in [0.2, 0.25) is 0 Å². The molecule has 0 radical (unpaired) electrons. The molecule has 0 aliphatic heterocycles. The van der Waals surface area contributed by atoms with Crippen LogP contribution < -0.4 is 11.1 Å². The van der Waals surface area contributed by atoms with Crippen molar-refractivity contribution in [1.82, 2.24) is 5.32 Å². The quantitative estimate of drug-likeness (QED) is 0.843. The monoisotopic (exact) mass is 274 g/mol. The number of nitrogen functional groups attached to an aromatic ring is 1. The molecule has 0 saturated heterocycles. The van der Waals surface area contributed by atoms with E-state index in [2.05, 4.69) is 5.32 Å². The van der Waals surface area contributed by atoms with Gasteiger partial charge in [-0.3, -0.25) is 4.79 Å². The zero-order valence-corrected chi connectivity index (χ0v) is 11.3. The maximum atomic E-state index is 12.1. The zero-order valence-electron chi connectivity index (χ0n) is 10.6. The first-order chi connectivity index (χ1) is 9.08. The van der Waals surface area contributed by atoms with Crippen molar-refractivity contribution >= 4 is 23.2 Å². The van der Waals surface area contributed by atoms with Gasteiger partial charge >= 0.3 is 0 Å². The Balaban J connectivity index is 2.13. The van der Waals surface area contributed by atoms with Gasteiger partial charge in [0.15, 0.2) is 0 Å². The summed E-state index contributed by atoms with van der Waals surface area (Å²) < 4.78 is 0. The Kier molecular flexibility index (Phi) is 4.07. The molecule has 0 unspecified atom stereocenters. The van der Waals surface area contributed by atoms with Gasteiger partial charge in [-0.05, 0) is 36.8 Å². The van der Waals surface area contributed by atoms with Crippen molar-refractivity contribution in [2.24, 2.45) is 0 Å². The van der Waals surface area contributed by atoms with E-state index in [1.165, 1.54) is 0 Å². The predicted molar refractivity (Wildman–Crippen MR) is 78.2 cm³/mol. The maximum absolute atomic E-state index is 12.1. The molecule has 19 heavy (non-hydrogen) atoms. The minimum absolute atomic E-state index is 0.164. The molecule has 0 fully saturated rings. The van der Waals surface area contributed by atoms with Gasteiger partial charge in [0.25, 0.3) is 5.91 Å². The lowest BCUT2D eigenvalue weighted by atomic mass is 10.1. The third-order valence-electron chi connectivity index (χ3n) is 2.87. The second-order valence-corrected chi connectivity index (χ2v) is 4.75. The Hall–Kier alpha value is -2.00. The molecule has 4 heteroatoms. The summed E-state index contributed by atoms with van der Waals surface area (Å²) >= 11 is 6.10. The van der Waals surface area contributed by atoms with Crippen LogP contribution >= 0.6 is 11.6 Å². The van der Waals surface area contributed by atoms with Gasteiger partial charge in [0.1, 0.15) is 0 Å². The van der Waals surface area contributed by atoms with E-state index in [1.54, 1.807) is 30.3 Å². The molecule has 3 N–H and O–H groups in total. The number of anilines is 1. The zero-order chi connectivity index (χ0) is 13.8. The van der Waals surface area contributed by atoms with Gasteiger partial charge in [0, 0.05) is 16.3 Å². The fourth-order valence-corrected chi connectivity index (χ4v) is 2.16. The van der Waals surface area contributed by atoms with E-state index >= 15 is 0 Å². The van der Waals surface area contributed by atoms with E-state index in [9.17, 15) is 4.79 Å². The van der Waals surface area contributed by atoms with Crippen LogP contribution in [0.2, 0.25) is 5.02 Å². The molecule has 2 aromatic rings. The number of rotatable bonds is 3. The van der Waals surface area contributed by atoms with Crippen LogP contribution in [0.15, 0.2) is 48.5 Å². The molecule has 0 spiro atoms. The SMILES string of the molecule is C[C@H](NC(=O)c1cccc(N)c1)c1ccccc1Cl. The van der Waals surface area contributed by atoms with Crippen LogP contribution in [-0.4, -0.2) is 5.91 Å². The van der Waals surface area contributed by atoms with Gasteiger partial charge in [0.05, 0.1) is 6.04 Å². The molecule has 0 aliphatic carbocycles. The van der Waals surface area contributed by atoms with Crippen molar-refractivity contribution in [3.63, 3.8) is 0 Å². The van der Waals surface area contributed by atoms with Crippen molar-refractivity contribution in [2.75, 3.05) is 5.73 Å². The maximum Gasteiger partial charge on any atom is 0.251 e. The van der Waals surface area contributed by atoms with Gasteiger partial charge < -0.3 is 11.1 Å². The van der Waals surface area contributed by atoms with E-state index in [-0.39, 0.29) is 11.9 Å². The second-order valence-electron chi connectivity index (χ2n) is 4.34. The highest BCUT2D eigenvalue weighted by molar-refractivity contribution is 6.31. The summed E-state index contributed by atoms with van der Waals surface area (Å²) in [6, 6.07) is 14.2. The third kappa shape index (κ3) is 3.26. The van der Waals surface area contributed by atoms with Crippen molar-refractivity contribution < 1.29 is 4.79 Å². The van der Waals surface area contributed by atoms with Crippen LogP contribution in [0.1, 0.15) is 28.9 Å². The van der Waals surface area contributed by atoms with Gasteiger partial charge in [-0.2, -0.15) is 0 Å². The van der Waals surface area contributed by atoms with Crippen LogP contribution in [0.3, 0.4) is 0 Å². The Morgan fingerprint density at radius 1 is 1.21 bits per heavy atom. The lowest BCUT2D eigenvalue weighted by molar-refractivity contribution is 0.0940. The molecule has 0 aliphatic rings. The molecule has 2 aromatic carbocycles. The van der Waals surface area contributed by atoms with Crippen molar-refractivity contribution in [3.8, 4) is 0 Å². The highest BCUT2D eigenvalue weighted by Crippen LogP contribution is 2.22. The molecule has 1 amide bonds. The smallest absolute Gasteiger partial charge is 0.251 e. The fourth-order valence-electron chi connectivity index (χ4n) is 1.86. The second kappa shape index (κ2) is 5.76. The summed E-state index contributed by atoms with van der Waals surface area (Å²) in [5, 5.41) is 3.54. The summed E-state index contributed by atoms with van der Waals surface area (Å²) in [4.78, 5) is 12.1. The highest BCUT2D eigenvalue weighted by atomic mass is 35.5. The number of benzene rings is 2. The fraction of sp³-hybridized carbons (Fsp3) is 0.133. The summed E-state index contributed by atoms with van der Waals surface area (Å²) in [5.74, 6) is -0.167. The predicted octanol–water partition coefficient (Wildman–Crippen LogP) is 3.41. The van der Waals surface area contributed by atoms with E-state index in [0.29, 0.717) is 16.3 Å². The van der Waals surface area contributed by atoms with Crippen LogP contribution in [0.25, 0.3) is 0 Å². The summed E-state index contributed by atoms with van der Waals surface area (Å²) in [5.41, 5.74) is 7.66. The largest absolute Gasteiger partial charge is 0.399 e. The van der Waals surface area contributed by atoms with Crippen LogP contribution in [-0.2, 0) is 0 Å². The van der Waals surface area contributed by atoms with E-state index < -0.39 is 0 Å². The number of halogens is 1. The molecular formula is C15H15ClN2O. The number of nitrogens with one attached hydrogen (secondary N) is 1. The van der Waals surface area contributed by atoms with E-state index in [1.807, 2.05) is 25.1 Å². The number of hydrogen-bond acceptors (Lipinski definition) is 2. The first kappa shape index (κ1) is 13.4. The standard InChI is InChI=1S/C15H15ClN2O/c1-10(13-7-2-3-8-14(13)16)18-15(19)11-5-4-6-12(17)9-11/h2-10H,17H2,1H3,(H,18,19)/t10-/m0/s1. The lowest BCUT2D eigenvalue weighted by Gasteiger charge is -2.15. The third-order valence-corrected chi connectivity index (χ3v) is 3.21. The molecule has 98 valence electrons. The first-order valence-electron chi connectivity index (χ1n) is 5.99. The topological polar surface area (TPSA) is 55.1 Å². The molecule has 0 aromatic heterocycles. The van der Waals surface area contributed by atoms with Gasteiger partial charge in [-0.1, -0.05) is 35.9 Å². The number of nitrogens with two attached hydrogens (primary N) is 1. The van der Waals surface area contributed by atoms with Crippen molar-refractivity contribution in [1.29, 1.82) is 0 Å². The number of hydrogen-bond donors (Lipinski definition) is 2. The Morgan fingerprint density at radius 2 is 1.95 bits per heavy atom. The van der Waals surface area contributed by atoms with E-state index in [4.69, 9.17) is 17.3 Å². The Labute approximate surface area is 117 Å². The summed E-state index contributed by atoms with van der Waals surface area (Å²) in [6.45, 7) is 1.89. The van der Waals surface area contributed by atoms with E-state index in [0.717, 1.165) is 5.56 Å². The van der Waals surface area contributed by atoms with Crippen molar-refractivity contribution in [3.05, 3.63) is 64.7 Å². The molecule has 3 nitrogen and oxygen atoms in total. The summed E-state index contributed by atoms with van der Waals surface area (Å²) in [7, 11) is 0. The minimum Gasteiger partial charge on any atom is -0.399 e. The Bertz CT molecular complexity index is 598. The van der Waals surface area contributed by atoms with Gasteiger partial charge in [-0.25, -0.2) is 0 Å². The molecule has 0 saturated carbocycles. The molecular weight excluding hydrogens is 260 g/mol. The molecule has 0 bridgehead atoms. The first-order valence-corrected chi connectivity index (χ1v) is 6.36. The number of carbonyl (C=O) groups excluding carboxylic acids is 1. The molecule has 0 heterocycles. The molecule has 1 atom stereocenters. The van der Waals surface area contributed by atoms with Crippen molar-refractivity contribution in [2.45, 2.75) is 13.0 Å². The van der Waals surface area contributed by atoms with Crippen LogP contribution in [0, 0.1) is 0 Å².